The van der Waals surface area contributed by atoms with Gasteiger partial charge < -0.3 is 15.0 Å². The first-order valence-electron chi connectivity index (χ1n) is 6.36. The third kappa shape index (κ3) is 2.82. The van der Waals surface area contributed by atoms with Crippen LogP contribution in [0.2, 0.25) is 0 Å². The third-order valence-electron chi connectivity index (χ3n) is 3.20. The molecular formula is C14H20N2O2. The predicted octanol–water partition coefficient (Wildman–Crippen LogP) is 1.26. The minimum absolute atomic E-state index is 0.000243. The summed E-state index contributed by atoms with van der Waals surface area (Å²) in [5.41, 5.74) is 1.08. The number of benzene rings is 1. The molecule has 4 heteroatoms. The molecule has 0 aromatic heterocycles. The fourth-order valence-corrected chi connectivity index (χ4v) is 2.22. The lowest BCUT2D eigenvalue weighted by Gasteiger charge is -2.23. The molecule has 0 fully saturated rings. The number of rotatable bonds is 3. The molecule has 1 aromatic carbocycles. The number of hydrogen-bond acceptors (Lipinski definition) is 3. The van der Waals surface area contributed by atoms with E-state index < -0.39 is 0 Å². The van der Waals surface area contributed by atoms with Crippen LogP contribution < -0.4 is 10.1 Å². The van der Waals surface area contributed by atoms with Crippen molar-refractivity contribution in [3.63, 3.8) is 0 Å². The average molecular weight is 248 g/mol. The van der Waals surface area contributed by atoms with Gasteiger partial charge in [-0.2, -0.15) is 0 Å². The molecule has 1 aliphatic heterocycles. The second kappa shape index (κ2) is 5.87. The SMILES string of the molecule is CNCC(C)C(=O)N1CCOc2ccccc2C1. The monoisotopic (exact) mass is 248 g/mol. The van der Waals surface area contributed by atoms with Gasteiger partial charge in [-0.3, -0.25) is 4.79 Å². The highest BCUT2D eigenvalue weighted by Gasteiger charge is 2.23. The van der Waals surface area contributed by atoms with Crippen LogP contribution in [-0.4, -0.2) is 37.6 Å². The summed E-state index contributed by atoms with van der Waals surface area (Å²) in [4.78, 5) is 14.2. The van der Waals surface area contributed by atoms with Gasteiger partial charge in [0.2, 0.25) is 5.91 Å². The maximum absolute atomic E-state index is 12.3. The predicted molar refractivity (Wildman–Crippen MR) is 70.4 cm³/mol. The third-order valence-corrected chi connectivity index (χ3v) is 3.20. The van der Waals surface area contributed by atoms with Crippen LogP contribution in [-0.2, 0) is 11.3 Å². The molecule has 1 heterocycles. The van der Waals surface area contributed by atoms with Gasteiger partial charge in [-0.25, -0.2) is 0 Å². The van der Waals surface area contributed by atoms with Crippen LogP contribution in [0.25, 0.3) is 0 Å². The van der Waals surface area contributed by atoms with Crippen molar-refractivity contribution in [2.24, 2.45) is 5.92 Å². The zero-order valence-corrected chi connectivity index (χ0v) is 11.0. The first-order valence-corrected chi connectivity index (χ1v) is 6.36. The second-order valence-electron chi connectivity index (χ2n) is 4.67. The van der Waals surface area contributed by atoms with E-state index in [0.29, 0.717) is 26.2 Å². The zero-order valence-electron chi connectivity index (χ0n) is 11.0. The molecule has 0 spiro atoms. The van der Waals surface area contributed by atoms with Crippen molar-refractivity contribution in [1.82, 2.24) is 10.2 Å². The molecule has 1 aromatic rings. The summed E-state index contributed by atoms with van der Waals surface area (Å²) >= 11 is 0. The molecule has 2 rings (SSSR count). The highest BCUT2D eigenvalue weighted by molar-refractivity contribution is 5.78. The Hall–Kier alpha value is -1.55. The van der Waals surface area contributed by atoms with Crippen LogP contribution in [0.1, 0.15) is 12.5 Å². The number of carbonyl (C=O) groups is 1. The molecule has 1 unspecified atom stereocenters. The quantitative estimate of drug-likeness (QED) is 0.875. The molecule has 0 aliphatic carbocycles. The number of ether oxygens (including phenoxy) is 1. The molecule has 1 aliphatic rings. The molecule has 0 saturated carbocycles. The van der Waals surface area contributed by atoms with Gasteiger partial charge in [-0.1, -0.05) is 25.1 Å². The molecule has 0 radical (unpaired) electrons. The largest absolute Gasteiger partial charge is 0.491 e. The molecule has 1 N–H and O–H groups in total. The summed E-state index contributed by atoms with van der Waals surface area (Å²) < 4.78 is 5.66. The van der Waals surface area contributed by atoms with Crippen LogP contribution in [0, 0.1) is 5.92 Å². The van der Waals surface area contributed by atoms with Gasteiger partial charge in [0.15, 0.2) is 0 Å². The lowest BCUT2D eigenvalue weighted by atomic mass is 10.1. The molecule has 98 valence electrons. The number of para-hydroxylation sites is 1. The van der Waals surface area contributed by atoms with Crippen LogP contribution >= 0.6 is 0 Å². The Morgan fingerprint density at radius 3 is 3.06 bits per heavy atom. The summed E-state index contributed by atoms with van der Waals surface area (Å²) in [5, 5.41) is 3.04. The van der Waals surface area contributed by atoms with Crippen LogP contribution in [0.4, 0.5) is 0 Å². The summed E-state index contributed by atoms with van der Waals surface area (Å²) in [6.07, 6.45) is 0. The topological polar surface area (TPSA) is 41.6 Å². The molecule has 1 atom stereocenters. The van der Waals surface area contributed by atoms with Crippen molar-refractivity contribution in [3.05, 3.63) is 29.8 Å². The van der Waals surface area contributed by atoms with Gasteiger partial charge >= 0.3 is 0 Å². The summed E-state index contributed by atoms with van der Waals surface area (Å²) in [7, 11) is 1.87. The maximum atomic E-state index is 12.3. The Kier molecular flexibility index (Phi) is 4.20. The maximum Gasteiger partial charge on any atom is 0.227 e. The van der Waals surface area contributed by atoms with Crippen molar-refractivity contribution in [1.29, 1.82) is 0 Å². The van der Waals surface area contributed by atoms with Gasteiger partial charge in [-0.05, 0) is 13.1 Å². The van der Waals surface area contributed by atoms with E-state index in [-0.39, 0.29) is 11.8 Å². The Morgan fingerprint density at radius 2 is 2.28 bits per heavy atom. The first kappa shape index (κ1) is 12.9. The Morgan fingerprint density at radius 1 is 1.50 bits per heavy atom. The summed E-state index contributed by atoms with van der Waals surface area (Å²) in [5.74, 6) is 1.08. The summed E-state index contributed by atoms with van der Waals surface area (Å²) in [6.45, 7) is 4.52. The van der Waals surface area contributed by atoms with E-state index >= 15 is 0 Å². The molecule has 1 amide bonds. The Labute approximate surface area is 108 Å². The van der Waals surface area contributed by atoms with Gasteiger partial charge in [0.25, 0.3) is 0 Å². The number of nitrogens with one attached hydrogen (secondary N) is 1. The smallest absolute Gasteiger partial charge is 0.227 e. The minimum atomic E-state index is 0.000243. The van der Waals surface area contributed by atoms with Gasteiger partial charge in [-0.15, -0.1) is 0 Å². The van der Waals surface area contributed by atoms with Crippen molar-refractivity contribution in [2.45, 2.75) is 13.5 Å². The first-order chi connectivity index (χ1) is 8.72. The molecule has 0 saturated heterocycles. The lowest BCUT2D eigenvalue weighted by molar-refractivity contribution is -0.135. The van der Waals surface area contributed by atoms with E-state index in [2.05, 4.69) is 5.32 Å². The number of amides is 1. The number of fused-ring (bicyclic) bond motifs is 1. The second-order valence-corrected chi connectivity index (χ2v) is 4.67. The number of hydrogen-bond donors (Lipinski definition) is 1. The fourth-order valence-electron chi connectivity index (χ4n) is 2.22. The Bertz CT molecular complexity index is 420. The highest BCUT2D eigenvalue weighted by atomic mass is 16.5. The van der Waals surface area contributed by atoms with E-state index in [0.717, 1.165) is 11.3 Å². The minimum Gasteiger partial charge on any atom is -0.491 e. The zero-order chi connectivity index (χ0) is 13.0. The molecule has 0 bridgehead atoms. The fraction of sp³-hybridized carbons (Fsp3) is 0.500. The average Bonchev–Trinajstić information content (AvgIpc) is 2.60. The Balaban J connectivity index is 2.10. The molecular weight excluding hydrogens is 228 g/mol. The van der Waals surface area contributed by atoms with Gasteiger partial charge in [0.05, 0.1) is 6.54 Å². The van der Waals surface area contributed by atoms with Crippen LogP contribution in [0.5, 0.6) is 5.75 Å². The van der Waals surface area contributed by atoms with Crippen molar-refractivity contribution < 1.29 is 9.53 Å². The standard InChI is InChI=1S/C14H20N2O2/c1-11(9-15-2)14(17)16-7-8-18-13-6-4-3-5-12(13)10-16/h3-6,11,15H,7-10H2,1-2H3. The van der Waals surface area contributed by atoms with Gasteiger partial charge in [0, 0.05) is 24.6 Å². The van der Waals surface area contributed by atoms with Crippen LogP contribution in [0.15, 0.2) is 24.3 Å². The van der Waals surface area contributed by atoms with Crippen molar-refractivity contribution in [2.75, 3.05) is 26.7 Å². The molecule has 4 nitrogen and oxygen atoms in total. The number of carbonyl (C=O) groups excluding carboxylic acids is 1. The van der Waals surface area contributed by atoms with E-state index in [1.54, 1.807) is 0 Å². The summed E-state index contributed by atoms with van der Waals surface area (Å²) in [6, 6.07) is 7.91. The van der Waals surface area contributed by atoms with Crippen molar-refractivity contribution in [3.8, 4) is 5.75 Å². The van der Waals surface area contributed by atoms with E-state index in [4.69, 9.17) is 4.74 Å². The van der Waals surface area contributed by atoms with E-state index in [9.17, 15) is 4.79 Å². The van der Waals surface area contributed by atoms with Gasteiger partial charge in [0.1, 0.15) is 12.4 Å². The normalized spacial score (nSPS) is 16.4. The van der Waals surface area contributed by atoms with E-state index in [1.807, 2.05) is 43.1 Å². The molecule has 18 heavy (non-hydrogen) atoms. The van der Waals surface area contributed by atoms with E-state index in [1.165, 1.54) is 0 Å². The number of nitrogens with zero attached hydrogens (tertiary/aromatic N) is 1. The van der Waals surface area contributed by atoms with Crippen molar-refractivity contribution >= 4 is 5.91 Å². The lowest BCUT2D eigenvalue weighted by Crippen LogP contribution is -2.39. The highest BCUT2D eigenvalue weighted by Crippen LogP contribution is 2.23. The van der Waals surface area contributed by atoms with Crippen LogP contribution in [0.3, 0.4) is 0 Å².